The molecule has 2 aliphatic carbocycles. The molecule has 0 aromatic heterocycles. The molecule has 1 aromatic rings. The number of halogens is 1. The number of aryl methyl sites for hydroxylation is 1. The minimum absolute atomic E-state index is 0.229. The lowest BCUT2D eigenvalue weighted by atomic mass is 9.98. The maximum atomic E-state index is 6.71. The van der Waals surface area contributed by atoms with Crippen molar-refractivity contribution in [2.24, 2.45) is 17.8 Å². The molecule has 3 atom stereocenters. The van der Waals surface area contributed by atoms with Gasteiger partial charge in [0.15, 0.2) is 0 Å². The molecule has 96 valence electrons. The topological polar surface area (TPSA) is 9.23 Å². The third kappa shape index (κ3) is 1.67. The van der Waals surface area contributed by atoms with E-state index in [1.54, 1.807) is 0 Å². The van der Waals surface area contributed by atoms with Crippen LogP contribution in [0.15, 0.2) is 18.2 Å². The second kappa shape index (κ2) is 4.16. The van der Waals surface area contributed by atoms with Gasteiger partial charge >= 0.3 is 0 Å². The lowest BCUT2D eigenvalue weighted by molar-refractivity contribution is 0.288. The molecular weight excluding hydrogens is 244 g/mol. The summed E-state index contributed by atoms with van der Waals surface area (Å²) >= 11 is 6.71. The Morgan fingerprint density at radius 2 is 2.00 bits per heavy atom. The van der Waals surface area contributed by atoms with Gasteiger partial charge in [-0.25, -0.2) is 0 Å². The van der Waals surface area contributed by atoms with Gasteiger partial charge in [-0.05, 0) is 60.6 Å². The Morgan fingerprint density at radius 1 is 1.17 bits per heavy atom. The van der Waals surface area contributed by atoms with Crippen molar-refractivity contribution in [2.75, 3.05) is 6.61 Å². The molecule has 2 fully saturated rings. The van der Waals surface area contributed by atoms with Crippen LogP contribution >= 0.6 is 11.6 Å². The molecule has 1 aromatic carbocycles. The molecule has 3 unspecified atom stereocenters. The van der Waals surface area contributed by atoms with E-state index in [-0.39, 0.29) is 5.38 Å². The van der Waals surface area contributed by atoms with Crippen LogP contribution in [0, 0.1) is 17.8 Å². The zero-order valence-electron chi connectivity index (χ0n) is 10.6. The van der Waals surface area contributed by atoms with Crippen LogP contribution in [0.4, 0.5) is 0 Å². The number of ether oxygens (including phenoxy) is 1. The monoisotopic (exact) mass is 262 g/mol. The quantitative estimate of drug-likeness (QED) is 0.721. The first-order chi connectivity index (χ1) is 8.84. The van der Waals surface area contributed by atoms with E-state index in [9.17, 15) is 0 Å². The molecule has 0 saturated heterocycles. The first kappa shape index (κ1) is 11.2. The fraction of sp³-hybridized carbons (Fsp3) is 0.625. The second-order valence-electron chi connectivity index (χ2n) is 6.06. The summed E-state index contributed by atoms with van der Waals surface area (Å²) in [5.41, 5.74) is 2.68. The normalized spacial score (nSPS) is 34.4. The number of alkyl halides is 1. The molecule has 2 saturated carbocycles. The van der Waals surface area contributed by atoms with Gasteiger partial charge in [0.25, 0.3) is 0 Å². The Morgan fingerprint density at radius 3 is 2.83 bits per heavy atom. The maximum absolute atomic E-state index is 6.71. The van der Waals surface area contributed by atoms with Gasteiger partial charge in [-0.3, -0.25) is 0 Å². The fourth-order valence-electron chi connectivity index (χ4n) is 4.09. The Labute approximate surface area is 113 Å². The first-order valence-corrected chi connectivity index (χ1v) is 7.68. The van der Waals surface area contributed by atoms with Crippen LogP contribution in [0.5, 0.6) is 5.75 Å². The van der Waals surface area contributed by atoms with Crippen LogP contribution in [0.1, 0.15) is 42.2 Å². The molecule has 2 heteroatoms. The highest BCUT2D eigenvalue weighted by atomic mass is 35.5. The highest BCUT2D eigenvalue weighted by molar-refractivity contribution is 6.21. The number of benzene rings is 1. The summed E-state index contributed by atoms with van der Waals surface area (Å²) in [6, 6.07) is 6.59. The maximum Gasteiger partial charge on any atom is 0.122 e. The van der Waals surface area contributed by atoms with Crippen molar-refractivity contribution in [3.05, 3.63) is 29.3 Å². The lowest BCUT2D eigenvalue weighted by Crippen LogP contribution is -2.09. The molecular formula is C16H19ClO. The van der Waals surface area contributed by atoms with Gasteiger partial charge in [0.2, 0.25) is 0 Å². The minimum Gasteiger partial charge on any atom is -0.493 e. The van der Waals surface area contributed by atoms with Crippen LogP contribution < -0.4 is 4.74 Å². The predicted molar refractivity (Wildman–Crippen MR) is 73.2 cm³/mol. The average molecular weight is 263 g/mol. The summed E-state index contributed by atoms with van der Waals surface area (Å²) in [4.78, 5) is 0. The minimum atomic E-state index is 0.229. The highest BCUT2D eigenvalue weighted by Crippen LogP contribution is 2.63. The Balaban J connectivity index is 1.57. The fourth-order valence-corrected chi connectivity index (χ4v) is 4.59. The van der Waals surface area contributed by atoms with Crippen molar-refractivity contribution in [3.8, 4) is 5.75 Å². The van der Waals surface area contributed by atoms with Crippen molar-refractivity contribution >= 4 is 11.6 Å². The van der Waals surface area contributed by atoms with Gasteiger partial charge < -0.3 is 4.74 Å². The standard InChI is InChI=1S/C16H19ClO/c17-16(15-12-4-1-5-13(12)15)11-6-7-14-10(9-11)3-2-8-18-14/h6-7,9,12-13,15-16H,1-5,8H2. The average Bonchev–Trinajstić information content (AvgIpc) is 2.90. The van der Waals surface area contributed by atoms with E-state index < -0.39 is 0 Å². The molecule has 1 aliphatic heterocycles. The van der Waals surface area contributed by atoms with Crippen LogP contribution in [0.3, 0.4) is 0 Å². The first-order valence-electron chi connectivity index (χ1n) is 7.24. The van der Waals surface area contributed by atoms with Crippen molar-refractivity contribution in [1.29, 1.82) is 0 Å². The van der Waals surface area contributed by atoms with E-state index in [1.165, 1.54) is 30.4 Å². The van der Waals surface area contributed by atoms with Gasteiger partial charge in [-0.1, -0.05) is 18.6 Å². The summed E-state index contributed by atoms with van der Waals surface area (Å²) < 4.78 is 5.67. The predicted octanol–water partition coefficient (Wildman–Crippen LogP) is 4.34. The zero-order chi connectivity index (χ0) is 12.1. The third-order valence-electron chi connectivity index (χ3n) is 5.06. The Hall–Kier alpha value is -0.690. The van der Waals surface area contributed by atoms with Gasteiger partial charge in [0.1, 0.15) is 5.75 Å². The summed E-state index contributed by atoms with van der Waals surface area (Å²) in [6.45, 7) is 0.865. The third-order valence-corrected chi connectivity index (χ3v) is 5.60. The van der Waals surface area contributed by atoms with Gasteiger partial charge in [-0.2, -0.15) is 0 Å². The SMILES string of the molecule is ClC(c1ccc2c(c1)CCCO2)C1C2CCCC21. The molecule has 3 aliphatic rings. The Bertz CT molecular complexity index is 460. The van der Waals surface area contributed by atoms with E-state index in [4.69, 9.17) is 16.3 Å². The summed E-state index contributed by atoms with van der Waals surface area (Å²) in [7, 11) is 0. The smallest absolute Gasteiger partial charge is 0.122 e. The van der Waals surface area contributed by atoms with Gasteiger partial charge in [0.05, 0.1) is 12.0 Å². The van der Waals surface area contributed by atoms with Crippen LogP contribution in [-0.2, 0) is 6.42 Å². The number of rotatable bonds is 2. The van der Waals surface area contributed by atoms with Gasteiger partial charge in [0, 0.05) is 0 Å². The molecule has 0 radical (unpaired) electrons. The lowest BCUT2D eigenvalue weighted by Gasteiger charge is -2.20. The molecule has 1 nitrogen and oxygen atoms in total. The molecule has 0 amide bonds. The molecule has 1 heterocycles. The number of hydrogen-bond donors (Lipinski definition) is 0. The van der Waals surface area contributed by atoms with E-state index in [0.717, 1.165) is 43.0 Å². The van der Waals surface area contributed by atoms with E-state index >= 15 is 0 Å². The van der Waals surface area contributed by atoms with Crippen molar-refractivity contribution in [2.45, 2.75) is 37.5 Å². The summed E-state index contributed by atoms with van der Waals surface area (Å²) in [5, 5.41) is 0.229. The van der Waals surface area contributed by atoms with E-state index in [2.05, 4.69) is 18.2 Å². The van der Waals surface area contributed by atoms with E-state index in [1.807, 2.05) is 0 Å². The van der Waals surface area contributed by atoms with Crippen LogP contribution in [0.2, 0.25) is 0 Å². The molecule has 4 rings (SSSR count). The Kier molecular flexibility index (Phi) is 2.58. The highest BCUT2D eigenvalue weighted by Gasteiger charge is 2.55. The molecule has 0 spiro atoms. The second-order valence-corrected chi connectivity index (χ2v) is 6.53. The number of hydrogen-bond acceptors (Lipinski definition) is 1. The van der Waals surface area contributed by atoms with Crippen molar-refractivity contribution < 1.29 is 4.74 Å². The van der Waals surface area contributed by atoms with Crippen molar-refractivity contribution in [1.82, 2.24) is 0 Å². The van der Waals surface area contributed by atoms with Crippen LogP contribution in [-0.4, -0.2) is 6.61 Å². The molecule has 0 bridgehead atoms. The summed E-state index contributed by atoms with van der Waals surface area (Å²) in [5.74, 6) is 3.69. The molecule has 18 heavy (non-hydrogen) atoms. The van der Waals surface area contributed by atoms with Crippen LogP contribution in [0.25, 0.3) is 0 Å². The summed E-state index contributed by atoms with van der Waals surface area (Å²) in [6.07, 6.45) is 6.52. The largest absolute Gasteiger partial charge is 0.493 e. The zero-order valence-corrected chi connectivity index (χ0v) is 11.3. The van der Waals surface area contributed by atoms with E-state index in [0.29, 0.717) is 0 Å². The van der Waals surface area contributed by atoms with Crippen molar-refractivity contribution in [3.63, 3.8) is 0 Å². The number of fused-ring (bicyclic) bond motifs is 2. The molecule has 0 N–H and O–H groups in total. The van der Waals surface area contributed by atoms with Gasteiger partial charge in [-0.15, -0.1) is 11.6 Å².